The van der Waals surface area contributed by atoms with Crippen LogP contribution in [0.1, 0.15) is 37.0 Å². The first kappa shape index (κ1) is 13.0. The summed E-state index contributed by atoms with van der Waals surface area (Å²) in [6.45, 7) is 5.08. The van der Waals surface area contributed by atoms with Crippen molar-refractivity contribution in [2.24, 2.45) is 11.3 Å². The lowest BCUT2D eigenvalue weighted by molar-refractivity contribution is 0.0697. The van der Waals surface area contributed by atoms with Crippen molar-refractivity contribution < 1.29 is 9.90 Å². The number of fused-ring (bicyclic) bond motifs is 1. The Kier molecular flexibility index (Phi) is 2.74. The van der Waals surface area contributed by atoms with Crippen LogP contribution in [-0.2, 0) is 6.54 Å². The normalized spacial score (nSPS) is 16.8. The van der Waals surface area contributed by atoms with E-state index in [1.165, 1.54) is 6.07 Å². The standard InChI is InChI=1S/C15H18N2O3/c1-9(2)15(5-6-15)8-17-12-4-3-10(13(18)19)7-11(12)16-14(17)20/h3-4,7,9H,5-6,8H2,1-2H3,(H,16,20)(H,18,19). The summed E-state index contributed by atoms with van der Waals surface area (Å²) in [5.41, 5.74) is 1.64. The summed E-state index contributed by atoms with van der Waals surface area (Å²) in [6, 6.07) is 4.78. The molecule has 106 valence electrons. The molecule has 0 aliphatic heterocycles. The number of carbonyl (C=O) groups is 1. The highest BCUT2D eigenvalue weighted by Gasteiger charge is 2.45. The molecule has 0 bridgehead atoms. The van der Waals surface area contributed by atoms with E-state index in [2.05, 4.69) is 18.8 Å². The maximum Gasteiger partial charge on any atom is 0.335 e. The van der Waals surface area contributed by atoms with Gasteiger partial charge in [0.15, 0.2) is 0 Å². The van der Waals surface area contributed by atoms with Gasteiger partial charge in [-0.2, -0.15) is 0 Å². The summed E-state index contributed by atoms with van der Waals surface area (Å²) in [7, 11) is 0. The Balaban J connectivity index is 2.06. The second-order valence-corrected chi connectivity index (χ2v) is 6.07. The molecule has 0 saturated heterocycles. The molecule has 1 aliphatic rings. The van der Waals surface area contributed by atoms with E-state index in [0.717, 1.165) is 18.4 Å². The van der Waals surface area contributed by atoms with Crippen molar-refractivity contribution in [2.45, 2.75) is 33.2 Å². The fraction of sp³-hybridized carbons (Fsp3) is 0.467. The summed E-state index contributed by atoms with van der Waals surface area (Å²) in [5, 5.41) is 8.99. The highest BCUT2D eigenvalue weighted by molar-refractivity contribution is 5.92. The molecule has 2 N–H and O–H groups in total. The molecule has 1 heterocycles. The van der Waals surface area contributed by atoms with Crippen molar-refractivity contribution in [2.75, 3.05) is 0 Å². The number of carboxylic acids is 1. The molecular weight excluding hydrogens is 256 g/mol. The Bertz CT molecular complexity index is 735. The smallest absolute Gasteiger partial charge is 0.335 e. The SMILES string of the molecule is CC(C)C1(Cn2c(=O)[nH]c3cc(C(=O)O)ccc32)CC1. The number of hydrogen-bond donors (Lipinski definition) is 2. The van der Waals surface area contributed by atoms with Crippen molar-refractivity contribution in [1.29, 1.82) is 0 Å². The predicted octanol–water partition coefficient (Wildman–Crippen LogP) is 2.46. The van der Waals surface area contributed by atoms with E-state index in [0.29, 0.717) is 18.0 Å². The Morgan fingerprint density at radius 2 is 2.15 bits per heavy atom. The number of aromatic amines is 1. The number of nitrogens with one attached hydrogen (secondary N) is 1. The average molecular weight is 274 g/mol. The van der Waals surface area contributed by atoms with Gasteiger partial charge in [0.25, 0.3) is 0 Å². The number of nitrogens with zero attached hydrogens (tertiary/aromatic N) is 1. The van der Waals surface area contributed by atoms with Gasteiger partial charge in [-0.05, 0) is 42.4 Å². The maximum absolute atomic E-state index is 12.1. The van der Waals surface area contributed by atoms with Gasteiger partial charge in [-0.15, -0.1) is 0 Å². The second-order valence-electron chi connectivity index (χ2n) is 6.07. The van der Waals surface area contributed by atoms with Crippen molar-refractivity contribution in [3.63, 3.8) is 0 Å². The summed E-state index contributed by atoms with van der Waals surface area (Å²) in [5.74, 6) is -0.445. The number of carboxylic acid groups (broad SMARTS) is 1. The van der Waals surface area contributed by atoms with Crippen LogP contribution in [0.15, 0.2) is 23.0 Å². The molecule has 3 rings (SSSR count). The number of hydrogen-bond acceptors (Lipinski definition) is 2. The largest absolute Gasteiger partial charge is 0.478 e. The van der Waals surface area contributed by atoms with E-state index in [1.54, 1.807) is 16.7 Å². The highest BCUT2D eigenvalue weighted by Crippen LogP contribution is 2.53. The van der Waals surface area contributed by atoms with Crippen LogP contribution in [0.25, 0.3) is 11.0 Å². The Morgan fingerprint density at radius 3 is 2.70 bits per heavy atom. The molecule has 0 spiro atoms. The lowest BCUT2D eigenvalue weighted by Crippen LogP contribution is -2.25. The zero-order valence-electron chi connectivity index (χ0n) is 11.6. The van der Waals surface area contributed by atoms with Crippen LogP contribution in [0, 0.1) is 11.3 Å². The van der Waals surface area contributed by atoms with Gasteiger partial charge in [0.2, 0.25) is 0 Å². The Labute approximate surface area is 116 Å². The third kappa shape index (κ3) is 1.94. The van der Waals surface area contributed by atoms with Gasteiger partial charge >= 0.3 is 11.7 Å². The zero-order chi connectivity index (χ0) is 14.5. The van der Waals surface area contributed by atoms with E-state index in [9.17, 15) is 9.59 Å². The molecule has 0 atom stereocenters. The maximum atomic E-state index is 12.1. The van der Waals surface area contributed by atoms with Gasteiger partial charge in [-0.3, -0.25) is 4.57 Å². The quantitative estimate of drug-likeness (QED) is 0.899. The fourth-order valence-corrected chi connectivity index (χ4v) is 2.85. The van der Waals surface area contributed by atoms with Gasteiger partial charge in [0, 0.05) is 6.54 Å². The van der Waals surface area contributed by atoms with E-state index >= 15 is 0 Å². The summed E-state index contributed by atoms with van der Waals surface area (Å²) in [4.78, 5) is 25.8. The molecule has 1 aromatic carbocycles. The molecule has 5 nitrogen and oxygen atoms in total. The lowest BCUT2D eigenvalue weighted by Gasteiger charge is -2.20. The third-order valence-corrected chi connectivity index (χ3v) is 4.61. The van der Waals surface area contributed by atoms with Crippen LogP contribution in [-0.4, -0.2) is 20.6 Å². The third-order valence-electron chi connectivity index (χ3n) is 4.61. The molecule has 1 aliphatic carbocycles. The molecule has 0 amide bonds. The molecule has 0 unspecified atom stereocenters. The van der Waals surface area contributed by atoms with Crippen molar-refractivity contribution in [3.8, 4) is 0 Å². The second kappa shape index (κ2) is 4.23. The number of aromatic nitrogens is 2. The number of aromatic carboxylic acids is 1. The van der Waals surface area contributed by atoms with Crippen molar-refractivity contribution >= 4 is 17.0 Å². The van der Waals surface area contributed by atoms with Crippen LogP contribution in [0.4, 0.5) is 0 Å². The van der Waals surface area contributed by atoms with Gasteiger partial charge < -0.3 is 10.1 Å². The summed E-state index contributed by atoms with van der Waals surface area (Å²) >= 11 is 0. The van der Waals surface area contributed by atoms with Gasteiger partial charge in [0.05, 0.1) is 16.6 Å². The van der Waals surface area contributed by atoms with Crippen LogP contribution in [0.3, 0.4) is 0 Å². The molecule has 1 aromatic heterocycles. The Hall–Kier alpha value is -2.04. The van der Waals surface area contributed by atoms with E-state index < -0.39 is 5.97 Å². The molecule has 2 aromatic rings. The zero-order valence-corrected chi connectivity index (χ0v) is 11.6. The fourth-order valence-electron chi connectivity index (χ4n) is 2.85. The van der Waals surface area contributed by atoms with Gasteiger partial charge in [-0.1, -0.05) is 13.8 Å². The minimum atomic E-state index is -0.985. The molecule has 0 radical (unpaired) electrons. The minimum Gasteiger partial charge on any atom is -0.478 e. The topological polar surface area (TPSA) is 75.1 Å². The van der Waals surface area contributed by atoms with Crippen molar-refractivity contribution in [3.05, 3.63) is 34.2 Å². The monoisotopic (exact) mass is 274 g/mol. The van der Waals surface area contributed by atoms with E-state index in [1.807, 2.05) is 0 Å². The van der Waals surface area contributed by atoms with Crippen LogP contribution >= 0.6 is 0 Å². The van der Waals surface area contributed by atoms with Gasteiger partial charge in [0.1, 0.15) is 0 Å². The van der Waals surface area contributed by atoms with E-state index in [-0.39, 0.29) is 16.7 Å². The minimum absolute atomic E-state index is 0.158. The highest BCUT2D eigenvalue weighted by atomic mass is 16.4. The molecule has 20 heavy (non-hydrogen) atoms. The lowest BCUT2D eigenvalue weighted by atomic mass is 9.92. The number of rotatable bonds is 4. The molecule has 1 fully saturated rings. The van der Waals surface area contributed by atoms with E-state index in [4.69, 9.17) is 5.11 Å². The van der Waals surface area contributed by atoms with Crippen molar-refractivity contribution in [1.82, 2.24) is 9.55 Å². The van der Waals surface area contributed by atoms with Crippen LogP contribution < -0.4 is 5.69 Å². The number of H-pyrrole nitrogens is 1. The molecule has 1 saturated carbocycles. The Morgan fingerprint density at radius 1 is 1.45 bits per heavy atom. The number of imidazole rings is 1. The molecule has 5 heteroatoms. The predicted molar refractivity (Wildman–Crippen MR) is 76.0 cm³/mol. The van der Waals surface area contributed by atoms with Gasteiger partial charge in [-0.25, -0.2) is 9.59 Å². The number of benzene rings is 1. The summed E-state index contributed by atoms with van der Waals surface area (Å²) in [6.07, 6.45) is 2.30. The summed E-state index contributed by atoms with van der Waals surface area (Å²) < 4.78 is 1.74. The first-order chi connectivity index (χ1) is 9.43. The average Bonchev–Trinajstić information content (AvgIpc) is 3.10. The molecular formula is C15H18N2O3. The van der Waals surface area contributed by atoms with Crippen LogP contribution in [0.2, 0.25) is 0 Å². The first-order valence-corrected chi connectivity index (χ1v) is 6.89. The van der Waals surface area contributed by atoms with Crippen LogP contribution in [0.5, 0.6) is 0 Å². The first-order valence-electron chi connectivity index (χ1n) is 6.89.